The van der Waals surface area contributed by atoms with Crippen LogP contribution < -0.4 is 0 Å². The molecule has 3 rings (SSSR count). The highest BCUT2D eigenvalue weighted by Gasteiger charge is 2.06. The molecule has 0 saturated carbocycles. The fraction of sp³-hybridized carbons (Fsp3) is 0. The molecule has 0 radical (unpaired) electrons. The van der Waals surface area contributed by atoms with E-state index in [4.69, 9.17) is 0 Å². The summed E-state index contributed by atoms with van der Waals surface area (Å²) in [7, 11) is 0. The van der Waals surface area contributed by atoms with Gasteiger partial charge in [0.2, 0.25) is 0 Å². The molecule has 0 bridgehead atoms. The Morgan fingerprint density at radius 3 is 2.65 bits per heavy atom. The zero-order valence-corrected chi connectivity index (χ0v) is 12.1. The van der Waals surface area contributed by atoms with Crippen LogP contribution in [0.3, 0.4) is 0 Å². The number of hydrogen-bond donors (Lipinski definition) is 0. The third-order valence-corrected chi connectivity index (χ3v) is 3.51. The van der Waals surface area contributed by atoms with Crippen LogP contribution in [0, 0.1) is 0 Å². The van der Waals surface area contributed by atoms with Gasteiger partial charge in [-0.25, -0.2) is 4.98 Å². The summed E-state index contributed by atoms with van der Waals surface area (Å²) in [6.45, 7) is 0. The molecule has 20 heavy (non-hydrogen) atoms. The van der Waals surface area contributed by atoms with Crippen molar-refractivity contribution < 1.29 is 4.79 Å². The van der Waals surface area contributed by atoms with Gasteiger partial charge in [-0.3, -0.25) is 9.36 Å². The van der Waals surface area contributed by atoms with Gasteiger partial charge in [-0.15, -0.1) is 0 Å². The summed E-state index contributed by atoms with van der Waals surface area (Å²) >= 11 is 3.38. The summed E-state index contributed by atoms with van der Waals surface area (Å²) < 4.78 is 2.56. The summed E-state index contributed by atoms with van der Waals surface area (Å²) in [5.41, 5.74) is 2.61. The number of para-hydroxylation sites is 2. The number of carbonyl (C=O) groups excluding carboxylic acids is 1. The lowest BCUT2D eigenvalue weighted by atomic mass is 10.2. The topological polar surface area (TPSA) is 34.9 Å². The smallest absolute Gasteiger partial charge is 0.256 e. The highest BCUT2D eigenvalue weighted by Crippen LogP contribution is 2.13. The summed E-state index contributed by atoms with van der Waals surface area (Å²) in [5.74, 6) is -0.110. The third-order valence-electron chi connectivity index (χ3n) is 2.98. The first kappa shape index (κ1) is 12.8. The van der Waals surface area contributed by atoms with Crippen molar-refractivity contribution in [3.63, 3.8) is 0 Å². The van der Waals surface area contributed by atoms with Crippen molar-refractivity contribution in [2.45, 2.75) is 0 Å². The quantitative estimate of drug-likeness (QED) is 0.663. The molecule has 2 aromatic carbocycles. The second kappa shape index (κ2) is 5.43. The first-order valence-corrected chi connectivity index (χ1v) is 6.93. The van der Waals surface area contributed by atoms with E-state index in [0.29, 0.717) is 0 Å². The lowest BCUT2D eigenvalue weighted by molar-refractivity contribution is 0.0974. The zero-order valence-electron chi connectivity index (χ0n) is 10.5. The monoisotopic (exact) mass is 326 g/mol. The number of hydrogen-bond acceptors (Lipinski definition) is 2. The Balaban J connectivity index is 1.87. The van der Waals surface area contributed by atoms with Crippen LogP contribution >= 0.6 is 15.9 Å². The molecule has 0 N–H and O–H groups in total. The van der Waals surface area contributed by atoms with Crippen molar-refractivity contribution in [3.8, 4) is 0 Å². The minimum Gasteiger partial charge on any atom is -0.269 e. The zero-order chi connectivity index (χ0) is 13.9. The molecule has 0 aliphatic rings. The second-order valence-electron chi connectivity index (χ2n) is 4.33. The standard InChI is InChI=1S/C16H11BrN2O/c17-13-8-5-12(6-9-13)7-10-16(20)19-11-18-14-3-1-2-4-15(14)19/h1-11H. The van der Waals surface area contributed by atoms with Gasteiger partial charge in [0.15, 0.2) is 0 Å². The molecule has 0 unspecified atom stereocenters. The molecule has 0 spiro atoms. The van der Waals surface area contributed by atoms with Gasteiger partial charge < -0.3 is 0 Å². The SMILES string of the molecule is O=C(C=Cc1ccc(Br)cc1)n1cnc2ccccc21. The largest absolute Gasteiger partial charge is 0.269 e. The third kappa shape index (κ3) is 2.56. The highest BCUT2D eigenvalue weighted by atomic mass is 79.9. The van der Waals surface area contributed by atoms with E-state index >= 15 is 0 Å². The Labute approximate surface area is 124 Å². The van der Waals surface area contributed by atoms with Gasteiger partial charge in [-0.2, -0.15) is 0 Å². The number of carbonyl (C=O) groups is 1. The number of benzene rings is 2. The molecule has 0 aliphatic carbocycles. The molecule has 0 fully saturated rings. The Bertz CT molecular complexity index is 788. The van der Waals surface area contributed by atoms with E-state index in [1.54, 1.807) is 23.0 Å². The normalized spacial score (nSPS) is 11.2. The molecular weight excluding hydrogens is 316 g/mol. The van der Waals surface area contributed by atoms with Crippen LogP contribution in [-0.4, -0.2) is 15.5 Å². The van der Waals surface area contributed by atoms with E-state index in [9.17, 15) is 4.79 Å². The van der Waals surface area contributed by atoms with Gasteiger partial charge in [0.05, 0.1) is 11.0 Å². The van der Waals surface area contributed by atoms with Crippen LogP contribution in [0.2, 0.25) is 0 Å². The van der Waals surface area contributed by atoms with Crippen LogP contribution in [-0.2, 0) is 0 Å². The molecule has 1 aromatic heterocycles. The maximum atomic E-state index is 12.2. The van der Waals surface area contributed by atoms with Crippen LogP contribution in [0.15, 0.2) is 65.4 Å². The number of rotatable bonds is 2. The highest BCUT2D eigenvalue weighted by molar-refractivity contribution is 9.10. The van der Waals surface area contributed by atoms with E-state index in [1.807, 2.05) is 48.5 Å². The number of halogens is 1. The maximum Gasteiger partial charge on any atom is 0.256 e. The first-order valence-electron chi connectivity index (χ1n) is 6.14. The molecule has 3 nitrogen and oxygen atoms in total. The Kier molecular flexibility index (Phi) is 3.48. The lowest BCUT2D eigenvalue weighted by Gasteiger charge is -1.98. The van der Waals surface area contributed by atoms with E-state index in [-0.39, 0.29) is 5.91 Å². The van der Waals surface area contributed by atoms with Gasteiger partial charge in [-0.1, -0.05) is 40.2 Å². The fourth-order valence-corrected chi connectivity index (χ4v) is 2.22. The summed E-state index contributed by atoms with van der Waals surface area (Å²) in [6.07, 6.45) is 4.90. The van der Waals surface area contributed by atoms with Crippen molar-refractivity contribution in [2.75, 3.05) is 0 Å². The molecule has 4 heteroatoms. The van der Waals surface area contributed by atoms with Gasteiger partial charge in [0, 0.05) is 10.5 Å². The van der Waals surface area contributed by atoms with Gasteiger partial charge in [0.1, 0.15) is 6.33 Å². The number of imidazole rings is 1. The first-order chi connectivity index (χ1) is 9.74. The van der Waals surface area contributed by atoms with E-state index < -0.39 is 0 Å². The average molecular weight is 327 g/mol. The van der Waals surface area contributed by atoms with Gasteiger partial charge in [-0.05, 0) is 35.9 Å². The van der Waals surface area contributed by atoms with Crippen molar-refractivity contribution in [1.82, 2.24) is 9.55 Å². The lowest BCUT2D eigenvalue weighted by Crippen LogP contribution is -2.05. The molecule has 98 valence electrons. The maximum absolute atomic E-state index is 12.2. The van der Waals surface area contributed by atoms with Crippen molar-refractivity contribution in [2.24, 2.45) is 0 Å². The Morgan fingerprint density at radius 1 is 1.10 bits per heavy atom. The van der Waals surface area contributed by atoms with E-state index in [1.165, 1.54) is 0 Å². The minimum absolute atomic E-state index is 0.110. The Hall–Kier alpha value is -2.20. The number of fused-ring (bicyclic) bond motifs is 1. The molecule has 0 aliphatic heterocycles. The predicted octanol–water partition coefficient (Wildman–Crippen LogP) is 4.15. The Morgan fingerprint density at radius 2 is 1.85 bits per heavy atom. The molecule has 3 aromatic rings. The molecule has 0 saturated heterocycles. The summed E-state index contributed by atoms with van der Waals surface area (Å²) in [5, 5.41) is 0. The van der Waals surface area contributed by atoms with Crippen LogP contribution in [0.1, 0.15) is 10.4 Å². The molecule has 1 heterocycles. The van der Waals surface area contributed by atoms with Crippen molar-refractivity contribution in [1.29, 1.82) is 0 Å². The minimum atomic E-state index is -0.110. The van der Waals surface area contributed by atoms with Crippen LogP contribution in [0.4, 0.5) is 0 Å². The second-order valence-corrected chi connectivity index (χ2v) is 5.24. The van der Waals surface area contributed by atoms with Crippen molar-refractivity contribution in [3.05, 3.63) is 71.0 Å². The van der Waals surface area contributed by atoms with Crippen LogP contribution in [0.5, 0.6) is 0 Å². The average Bonchev–Trinajstić information content (AvgIpc) is 2.90. The number of allylic oxidation sites excluding steroid dienone is 1. The molecule has 0 atom stereocenters. The van der Waals surface area contributed by atoms with Gasteiger partial charge >= 0.3 is 0 Å². The van der Waals surface area contributed by atoms with Crippen molar-refractivity contribution >= 4 is 38.9 Å². The number of nitrogens with zero attached hydrogens (tertiary/aromatic N) is 2. The summed E-state index contributed by atoms with van der Waals surface area (Å²) in [4.78, 5) is 16.4. The van der Waals surface area contributed by atoms with E-state index in [2.05, 4.69) is 20.9 Å². The predicted molar refractivity (Wildman–Crippen MR) is 83.5 cm³/mol. The fourth-order valence-electron chi connectivity index (χ4n) is 1.96. The van der Waals surface area contributed by atoms with E-state index in [0.717, 1.165) is 21.1 Å². The number of aromatic nitrogens is 2. The van der Waals surface area contributed by atoms with Gasteiger partial charge in [0.25, 0.3) is 5.91 Å². The summed E-state index contributed by atoms with van der Waals surface area (Å²) in [6, 6.07) is 15.3. The van der Waals surface area contributed by atoms with Crippen LogP contribution in [0.25, 0.3) is 17.1 Å². The molecular formula is C16H11BrN2O. The molecule has 0 amide bonds.